The van der Waals surface area contributed by atoms with Crippen LogP contribution < -0.4 is 5.32 Å². The summed E-state index contributed by atoms with van der Waals surface area (Å²) in [5.74, 6) is 1.18. The number of carbonyl (C=O) groups excluding carboxylic acids is 1. The molecule has 164 valence electrons. The molecule has 2 aliphatic rings. The summed E-state index contributed by atoms with van der Waals surface area (Å²) in [6.07, 6.45) is 13.4. The first-order valence-corrected chi connectivity index (χ1v) is 11.4. The van der Waals surface area contributed by atoms with Crippen LogP contribution in [-0.4, -0.2) is 59.5 Å². The van der Waals surface area contributed by atoms with Gasteiger partial charge in [-0.25, -0.2) is 14.5 Å². The predicted octanol–water partition coefficient (Wildman–Crippen LogP) is 3.26. The largest absolute Gasteiger partial charge is 0.351 e. The highest BCUT2D eigenvalue weighted by atomic mass is 16.2. The highest BCUT2D eigenvalue weighted by molar-refractivity contribution is 5.93. The summed E-state index contributed by atoms with van der Waals surface area (Å²) in [6, 6.07) is 4.32. The Hall–Kier alpha value is -3.49. The van der Waals surface area contributed by atoms with Gasteiger partial charge in [0.05, 0.1) is 0 Å². The molecule has 2 fully saturated rings. The van der Waals surface area contributed by atoms with Crippen LogP contribution in [0.5, 0.6) is 0 Å². The van der Waals surface area contributed by atoms with Crippen LogP contribution in [0.4, 0.5) is 5.95 Å². The fraction of sp³-hybridized carbons (Fsp3) is 0.435. The number of likely N-dealkylation sites (tertiary alicyclic amines) is 1. The van der Waals surface area contributed by atoms with E-state index in [-0.39, 0.29) is 5.92 Å². The first-order chi connectivity index (χ1) is 15.7. The molecule has 0 radical (unpaired) electrons. The Kier molecular flexibility index (Phi) is 4.74. The van der Waals surface area contributed by atoms with E-state index in [9.17, 15) is 4.79 Å². The van der Waals surface area contributed by atoms with E-state index in [1.54, 1.807) is 10.8 Å². The maximum absolute atomic E-state index is 12.7. The first-order valence-electron chi connectivity index (χ1n) is 11.4. The average Bonchev–Trinajstić information content (AvgIpc) is 3.59. The van der Waals surface area contributed by atoms with Gasteiger partial charge in [0, 0.05) is 54.6 Å². The Bertz CT molecular complexity index is 1260. The molecule has 0 aromatic carbocycles. The van der Waals surface area contributed by atoms with Crippen molar-refractivity contribution < 1.29 is 4.79 Å². The molecule has 5 heterocycles. The number of hydrogen-bond donors (Lipinski definition) is 2. The summed E-state index contributed by atoms with van der Waals surface area (Å²) in [5.41, 5.74) is 3.69. The van der Waals surface area contributed by atoms with Crippen molar-refractivity contribution in [2.75, 3.05) is 18.4 Å². The summed E-state index contributed by atoms with van der Waals surface area (Å²) in [5, 5.41) is 8.60. The summed E-state index contributed by atoms with van der Waals surface area (Å²) in [4.78, 5) is 31.5. The number of carbonyl (C=O) groups is 1. The molecule has 1 aliphatic carbocycles. The minimum atomic E-state index is 0.183. The summed E-state index contributed by atoms with van der Waals surface area (Å²) >= 11 is 0. The minimum Gasteiger partial charge on any atom is -0.351 e. The van der Waals surface area contributed by atoms with Gasteiger partial charge in [-0.05, 0) is 56.2 Å². The zero-order chi connectivity index (χ0) is 21.5. The van der Waals surface area contributed by atoms with Crippen molar-refractivity contribution in [1.29, 1.82) is 0 Å². The van der Waals surface area contributed by atoms with Gasteiger partial charge in [0.2, 0.25) is 11.9 Å². The number of aromatic nitrogens is 6. The van der Waals surface area contributed by atoms with Crippen molar-refractivity contribution >= 4 is 28.5 Å². The third-order valence-corrected chi connectivity index (χ3v) is 6.85. The zero-order valence-electron chi connectivity index (χ0n) is 17.9. The van der Waals surface area contributed by atoms with Crippen molar-refractivity contribution in [1.82, 2.24) is 34.4 Å². The lowest BCUT2D eigenvalue weighted by molar-refractivity contribution is -0.135. The summed E-state index contributed by atoms with van der Waals surface area (Å²) in [6.45, 7) is 1.88. The van der Waals surface area contributed by atoms with Crippen LogP contribution in [0.3, 0.4) is 0 Å². The molecular formula is C23H26N8O. The molecule has 0 unspecified atom stereocenters. The van der Waals surface area contributed by atoms with Gasteiger partial charge in [0.25, 0.3) is 0 Å². The Morgan fingerprint density at radius 2 is 1.97 bits per heavy atom. The molecule has 1 amide bonds. The summed E-state index contributed by atoms with van der Waals surface area (Å²) < 4.78 is 1.74. The van der Waals surface area contributed by atoms with E-state index in [0.717, 1.165) is 79.4 Å². The fourth-order valence-electron chi connectivity index (χ4n) is 5.06. The highest BCUT2D eigenvalue weighted by Gasteiger charge is 2.30. The Balaban J connectivity index is 1.14. The van der Waals surface area contributed by atoms with Crippen molar-refractivity contribution in [3.8, 4) is 11.1 Å². The smallest absolute Gasteiger partial charge is 0.225 e. The molecule has 1 saturated carbocycles. The molecule has 9 heteroatoms. The SMILES string of the molecule is O=C([C@H]1CC[C@@H](Nc2ncc3c(-c4ccn5ncnc5c4)c[nH]c3n2)CC1)N1CCCC1. The van der Waals surface area contributed by atoms with Gasteiger partial charge in [-0.1, -0.05) is 0 Å². The average molecular weight is 431 g/mol. The third-order valence-electron chi connectivity index (χ3n) is 6.85. The number of pyridine rings is 1. The number of fused-ring (bicyclic) bond motifs is 2. The third kappa shape index (κ3) is 3.47. The van der Waals surface area contributed by atoms with E-state index in [4.69, 9.17) is 4.98 Å². The van der Waals surface area contributed by atoms with Crippen LogP contribution in [0.1, 0.15) is 38.5 Å². The van der Waals surface area contributed by atoms with E-state index in [1.807, 2.05) is 30.7 Å². The molecule has 32 heavy (non-hydrogen) atoms. The van der Waals surface area contributed by atoms with Crippen molar-refractivity contribution in [3.05, 3.63) is 37.1 Å². The number of anilines is 1. The highest BCUT2D eigenvalue weighted by Crippen LogP contribution is 2.30. The first kappa shape index (κ1) is 19.2. The monoisotopic (exact) mass is 430 g/mol. The Morgan fingerprint density at radius 1 is 1.12 bits per heavy atom. The standard InChI is InChI=1S/C23H26N8O/c32-22(30-8-1-2-9-30)15-3-5-17(6-4-15)28-23-25-13-19-18(12-24-21(19)29-23)16-7-10-31-20(11-16)26-14-27-31/h7,10-15,17H,1-6,8-9H2,(H2,24,25,28,29)/t15-,17+. The molecule has 1 saturated heterocycles. The van der Waals surface area contributed by atoms with E-state index >= 15 is 0 Å². The second-order valence-electron chi connectivity index (χ2n) is 8.86. The van der Waals surface area contributed by atoms with Gasteiger partial charge in [0.1, 0.15) is 12.0 Å². The minimum absolute atomic E-state index is 0.183. The van der Waals surface area contributed by atoms with E-state index in [2.05, 4.69) is 30.3 Å². The van der Waals surface area contributed by atoms with Crippen LogP contribution in [0, 0.1) is 5.92 Å². The number of nitrogens with zero attached hydrogens (tertiary/aromatic N) is 6. The molecule has 0 atom stereocenters. The lowest BCUT2D eigenvalue weighted by atomic mass is 9.85. The second-order valence-corrected chi connectivity index (χ2v) is 8.86. The number of hydrogen-bond acceptors (Lipinski definition) is 6. The summed E-state index contributed by atoms with van der Waals surface area (Å²) in [7, 11) is 0. The van der Waals surface area contributed by atoms with E-state index in [1.165, 1.54) is 0 Å². The van der Waals surface area contributed by atoms with Crippen molar-refractivity contribution in [2.24, 2.45) is 5.92 Å². The molecule has 0 spiro atoms. The van der Waals surface area contributed by atoms with E-state index < -0.39 is 0 Å². The van der Waals surface area contributed by atoms with Gasteiger partial charge in [0.15, 0.2) is 5.65 Å². The van der Waals surface area contributed by atoms with Crippen molar-refractivity contribution in [3.63, 3.8) is 0 Å². The molecule has 6 rings (SSSR count). The topological polar surface area (TPSA) is 104 Å². The number of amides is 1. The Morgan fingerprint density at radius 3 is 2.81 bits per heavy atom. The molecule has 0 bridgehead atoms. The van der Waals surface area contributed by atoms with Crippen LogP contribution in [0.25, 0.3) is 27.8 Å². The lowest BCUT2D eigenvalue weighted by Crippen LogP contribution is -2.37. The zero-order valence-corrected chi connectivity index (χ0v) is 17.9. The van der Waals surface area contributed by atoms with Gasteiger partial charge in [-0.2, -0.15) is 10.1 Å². The fourth-order valence-corrected chi connectivity index (χ4v) is 5.06. The Labute approximate surface area is 185 Å². The number of H-pyrrole nitrogens is 1. The molecule has 9 nitrogen and oxygen atoms in total. The normalized spacial score (nSPS) is 21.4. The maximum Gasteiger partial charge on any atom is 0.225 e. The molecule has 2 N–H and O–H groups in total. The van der Waals surface area contributed by atoms with Gasteiger partial charge in [-0.3, -0.25) is 4.79 Å². The second kappa shape index (κ2) is 7.89. The number of nitrogens with one attached hydrogen (secondary N) is 2. The molecule has 1 aliphatic heterocycles. The predicted molar refractivity (Wildman–Crippen MR) is 121 cm³/mol. The van der Waals surface area contributed by atoms with Gasteiger partial charge >= 0.3 is 0 Å². The van der Waals surface area contributed by atoms with Crippen LogP contribution in [0.15, 0.2) is 37.1 Å². The lowest BCUT2D eigenvalue weighted by Gasteiger charge is -2.30. The molecule has 4 aromatic heterocycles. The van der Waals surface area contributed by atoms with Gasteiger partial charge in [-0.15, -0.1) is 0 Å². The number of rotatable bonds is 4. The molecule has 4 aromatic rings. The van der Waals surface area contributed by atoms with Gasteiger partial charge < -0.3 is 15.2 Å². The van der Waals surface area contributed by atoms with Crippen molar-refractivity contribution in [2.45, 2.75) is 44.6 Å². The van der Waals surface area contributed by atoms with Crippen LogP contribution in [-0.2, 0) is 4.79 Å². The number of aromatic amines is 1. The molecular weight excluding hydrogens is 404 g/mol. The quantitative estimate of drug-likeness (QED) is 0.515. The maximum atomic E-state index is 12.7. The van der Waals surface area contributed by atoms with E-state index in [0.29, 0.717) is 17.9 Å². The van der Waals surface area contributed by atoms with Crippen LogP contribution in [0.2, 0.25) is 0 Å². The van der Waals surface area contributed by atoms with Crippen LogP contribution >= 0.6 is 0 Å².